The van der Waals surface area contributed by atoms with E-state index in [-0.39, 0.29) is 5.88 Å². The second-order valence-corrected chi connectivity index (χ2v) is 5.98. The maximum Gasteiger partial charge on any atom is 0.209 e. The van der Waals surface area contributed by atoms with Crippen molar-refractivity contribution in [2.24, 2.45) is 4.99 Å². The molecule has 0 aliphatic carbocycles. The number of rotatable bonds is 4. The molecule has 2 rings (SSSR count). The molecule has 5 heteroatoms. The van der Waals surface area contributed by atoms with Crippen molar-refractivity contribution in [2.45, 2.75) is 26.8 Å². The molecule has 1 aromatic heterocycles. The Balaban J connectivity index is 2.22. The van der Waals surface area contributed by atoms with Gasteiger partial charge in [-0.15, -0.1) is 0 Å². The van der Waals surface area contributed by atoms with Gasteiger partial charge in [0.2, 0.25) is 5.88 Å². The Hall–Kier alpha value is -1.46. The molecule has 2 aromatic rings. The fraction of sp³-hybridized carbons (Fsp3) is 0.286. The normalized spacial score (nSPS) is 11.8. The summed E-state index contributed by atoms with van der Waals surface area (Å²) in [5.41, 5.74) is 3.29. The molecule has 0 radical (unpaired) electrons. The largest absolute Gasteiger partial charge is 0.493 e. The lowest BCUT2D eigenvalue weighted by Crippen LogP contribution is -1.98. The van der Waals surface area contributed by atoms with Gasteiger partial charge in [-0.1, -0.05) is 48.1 Å². The summed E-state index contributed by atoms with van der Waals surface area (Å²) < 4.78 is 0.573. The highest BCUT2D eigenvalue weighted by atomic mass is 32.1. The molecular formula is C14H16N2OS2. The van der Waals surface area contributed by atoms with Crippen molar-refractivity contribution in [2.75, 3.05) is 0 Å². The fourth-order valence-electron chi connectivity index (χ4n) is 1.74. The Bertz CT molecular complexity index is 638. The second kappa shape index (κ2) is 6.12. The van der Waals surface area contributed by atoms with Crippen LogP contribution in [-0.4, -0.2) is 15.8 Å². The standard InChI is InChI=1S/C14H16N2OS2/c1-3-11(12-13(17)16-14(18)19-12)15-8-10-6-4-9(2)5-7-10/h4-7,17H,3,8H2,1-2H3,(H,16,18). The maximum atomic E-state index is 9.77. The van der Waals surface area contributed by atoms with E-state index >= 15 is 0 Å². The third-order valence-corrected chi connectivity index (χ3v) is 4.07. The molecular weight excluding hydrogens is 276 g/mol. The molecule has 1 aromatic carbocycles. The summed E-state index contributed by atoms with van der Waals surface area (Å²) in [5, 5.41) is 9.77. The predicted octanol–water partition coefficient (Wildman–Crippen LogP) is 4.22. The lowest BCUT2D eigenvalue weighted by Gasteiger charge is -2.02. The number of hydrogen-bond donors (Lipinski definition) is 2. The fourth-order valence-corrected chi connectivity index (χ4v) is 2.89. The molecule has 0 saturated heterocycles. The number of aromatic amines is 1. The molecule has 2 N–H and O–H groups in total. The van der Waals surface area contributed by atoms with Gasteiger partial charge >= 0.3 is 0 Å². The van der Waals surface area contributed by atoms with Crippen molar-refractivity contribution in [1.82, 2.24) is 4.98 Å². The van der Waals surface area contributed by atoms with Crippen LogP contribution < -0.4 is 0 Å². The van der Waals surface area contributed by atoms with E-state index in [9.17, 15) is 5.11 Å². The van der Waals surface area contributed by atoms with Crippen molar-refractivity contribution >= 4 is 29.3 Å². The molecule has 0 unspecified atom stereocenters. The molecule has 0 saturated carbocycles. The highest BCUT2D eigenvalue weighted by Gasteiger charge is 2.10. The Morgan fingerprint density at radius 3 is 2.58 bits per heavy atom. The van der Waals surface area contributed by atoms with Crippen LogP contribution in [0.5, 0.6) is 5.88 Å². The molecule has 0 aliphatic rings. The van der Waals surface area contributed by atoms with E-state index < -0.39 is 0 Å². The first-order valence-electron chi connectivity index (χ1n) is 6.11. The summed E-state index contributed by atoms with van der Waals surface area (Å²) in [7, 11) is 0. The van der Waals surface area contributed by atoms with Crippen LogP contribution in [0.4, 0.5) is 0 Å². The highest BCUT2D eigenvalue weighted by Crippen LogP contribution is 2.23. The molecule has 0 atom stereocenters. The van der Waals surface area contributed by atoms with E-state index in [1.165, 1.54) is 16.9 Å². The van der Waals surface area contributed by atoms with Gasteiger partial charge in [-0.25, -0.2) is 0 Å². The maximum absolute atomic E-state index is 9.77. The number of aromatic nitrogens is 1. The van der Waals surface area contributed by atoms with E-state index in [1.54, 1.807) is 0 Å². The zero-order chi connectivity index (χ0) is 13.8. The van der Waals surface area contributed by atoms with Gasteiger partial charge in [-0.2, -0.15) is 0 Å². The van der Waals surface area contributed by atoms with Gasteiger partial charge in [0, 0.05) is 0 Å². The van der Waals surface area contributed by atoms with Crippen LogP contribution in [-0.2, 0) is 6.54 Å². The molecule has 19 heavy (non-hydrogen) atoms. The number of aliphatic imine (C=N–C) groups is 1. The number of H-pyrrole nitrogens is 1. The quantitative estimate of drug-likeness (QED) is 0.655. The van der Waals surface area contributed by atoms with Crippen LogP contribution in [0.2, 0.25) is 0 Å². The Morgan fingerprint density at radius 2 is 2.05 bits per heavy atom. The molecule has 100 valence electrons. The van der Waals surface area contributed by atoms with Crippen LogP contribution in [0.1, 0.15) is 29.3 Å². The number of aryl methyl sites for hydroxylation is 1. The number of aromatic hydroxyl groups is 1. The SMILES string of the molecule is CCC(=NCc1ccc(C)cc1)c1sc(=S)[nH]c1O. The molecule has 0 bridgehead atoms. The van der Waals surface area contributed by atoms with E-state index in [0.717, 1.165) is 22.6 Å². The van der Waals surface area contributed by atoms with Crippen molar-refractivity contribution in [3.05, 3.63) is 44.2 Å². The van der Waals surface area contributed by atoms with Gasteiger partial charge in [0.1, 0.15) is 4.88 Å². The molecule has 1 heterocycles. The number of nitrogens with one attached hydrogen (secondary N) is 1. The smallest absolute Gasteiger partial charge is 0.209 e. The van der Waals surface area contributed by atoms with Gasteiger partial charge in [0.05, 0.1) is 12.3 Å². The Labute approximate surface area is 121 Å². The van der Waals surface area contributed by atoms with Crippen LogP contribution in [0.25, 0.3) is 0 Å². The number of nitrogens with zero attached hydrogens (tertiary/aromatic N) is 1. The minimum Gasteiger partial charge on any atom is -0.493 e. The highest BCUT2D eigenvalue weighted by molar-refractivity contribution is 7.73. The number of benzene rings is 1. The summed E-state index contributed by atoms with van der Waals surface area (Å²) in [5.74, 6) is 0.125. The van der Waals surface area contributed by atoms with Crippen molar-refractivity contribution in [1.29, 1.82) is 0 Å². The first-order valence-corrected chi connectivity index (χ1v) is 7.34. The summed E-state index contributed by atoms with van der Waals surface area (Å²) >= 11 is 6.39. The van der Waals surface area contributed by atoms with Crippen LogP contribution in [0, 0.1) is 10.9 Å². The topological polar surface area (TPSA) is 48.4 Å². The predicted molar refractivity (Wildman–Crippen MR) is 82.9 cm³/mol. The summed E-state index contributed by atoms with van der Waals surface area (Å²) in [6.07, 6.45) is 0.766. The van der Waals surface area contributed by atoms with Crippen molar-refractivity contribution in [3.8, 4) is 5.88 Å². The lowest BCUT2D eigenvalue weighted by molar-refractivity contribution is 0.455. The Morgan fingerprint density at radius 1 is 1.37 bits per heavy atom. The number of thiazole rings is 1. The first-order chi connectivity index (χ1) is 9.10. The average molecular weight is 292 g/mol. The third kappa shape index (κ3) is 3.52. The lowest BCUT2D eigenvalue weighted by atomic mass is 10.1. The molecule has 0 fully saturated rings. The molecule has 0 aliphatic heterocycles. The molecule has 3 nitrogen and oxygen atoms in total. The third-order valence-electron chi connectivity index (χ3n) is 2.80. The van der Waals surface area contributed by atoms with Crippen LogP contribution >= 0.6 is 23.6 Å². The van der Waals surface area contributed by atoms with E-state index in [4.69, 9.17) is 12.2 Å². The summed E-state index contributed by atoms with van der Waals surface area (Å²) in [6, 6.07) is 8.30. The van der Waals surface area contributed by atoms with Gasteiger partial charge in [-0.05, 0) is 31.1 Å². The minimum atomic E-state index is 0.125. The first kappa shape index (κ1) is 14.0. The van der Waals surface area contributed by atoms with Gasteiger partial charge in [-0.3, -0.25) is 4.99 Å². The number of hydrogen-bond acceptors (Lipinski definition) is 4. The zero-order valence-corrected chi connectivity index (χ0v) is 12.6. The van der Waals surface area contributed by atoms with Gasteiger partial charge in [0.15, 0.2) is 3.95 Å². The van der Waals surface area contributed by atoms with E-state index in [2.05, 4.69) is 41.2 Å². The Kier molecular flexibility index (Phi) is 4.50. The van der Waals surface area contributed by atoms with Crippen LogP contribution in [0.3, 0.4) is 0 Å². The van der Waals surface area contributed by atoms with E-state index in [1.807, 2.05) is 6.92 Å². The van der Waals surface area contributed by atoms with Crippen LogP contribution in [0.15, 0.2) is 29.3 Å². The van der Waals surface area contributed by atoms with E-state index in [0.29, 0.717) is 10.5 Å². The van der Waals surface area contributed by atoms with Gasteiger partial charge in [0.25, 0.3) is 0 Å². The minimum absolute atomic E-state index is 0.125. The summed E-state index contributed by atoms with van der Waals surface area (Å²) in [6.45, 7) is 4.71. The monoisotopic (exact) mass is 292 g/mol. The molecule has 0 spiro atoms. The zero-order valence-electron chi connectivity index (χ0n) is 10.9. The average Bonchev–Trinajstić information content (AvgIpc) is 2.72. The second-order valence-electron chi connectivity index (χ2n) is 4.29. The van der Waals surface area contributed by atoms with Gasteiger partial charge < -0.3 is 10.1 Å². The summed E-state index contributed by atoms with van der Waals surface area (Å²) in [4.78, 5) is 8.07. The van der Waals surface area contributed by atoms with Crippen molar-refractivity contribution in [3.63, 3.8) is 0 Å². The van der Waals surface area contributed by atoms with Crippen molar-refractivity contribution < 1.29 is 5.11 Å². The molecule has 0 amide bonds.